The molecule has 3 rings (SSSR count). The van der Waals surface area contributed by atoms with Gasteiger partial charge in [0.15, 0.2) is 6.10 Å². The molecule has 0 bridgehead atoms. The first-order valence-corrected chi connectivity index (χ1v) is 19.6. The van der Waals surface area contributed by atoms with Crippen LogP contribution >= 0.6 is 11.3 Å². The zero-order chi connectivity index (χ0) is 39.1. The average molecular weight is 758 g/mol. The van der Waals surface area contributed by atoms with Crippen LogP contribution in [0.25, 0.3) is 0 Å². The number of esters is 2. The Kier molecular flexibility index (Phi) is 17.7. The third kappa shape index (κ3) is 14.8. The van der Waals surface area contributed by atoms with E-state index in [0.717, 1.165) is 44.2 Å². The third-order valence-electron chi connectivity index (χ3n) is 9.48. The summed E-state index contributed by atoms with van der Waals surface area (Å²) in [5.74, 6) is -1.27. The highest BCUT2D eigenvalue weighted by molar-refractivity contribution is 7.09. The van der Waals surface area contributed by atoms with Crippen LogP contribution in [0.3, 0.4) is 0 Å². The van der Waals surface area contributed by atoms with Crippen LogP contribution in [0.4, 0.5) is 0 Å². The lowest BCUT2D eigenvalue weighted by Crippen LogP contribution is -2.52. The normalized spacial score (nSPS) is 15.5. The Hall–Kier alpha value is -3.98. The molecule has 1 aliphatic rings. The van der Waals surface area contributed by atoms with E-state index in [-0.39, 0.29) is 48.7 Å². The van der Waals surface area contributed by atoms with Crippen LogP contribution in [0.2, 0.25) is 0 Å². The van der Waals surface area contributed by atoms with Crippen LogP contribution < -0.4 is 16.0 Å². The topological polar surface area (TPSA) is 182 Å². The number of nitrogens with one attached hydrogen (secondary N) is 3. The minimum atomic E-state index is -0.827. The Morgan fingerprint density at radius 3 is 2.32 bits per heavy atom. The number of rotatable bonds is 23. The molecule has 53 heavy (non-hydrogen) atoms. The summed E-state index contributed by atoms with van der Waals surface area (Å²) in [5.41, 5.74) is 1.03. The van der Waals surface area contributed by atoms with Gasteiger partial charge < -0.3 is 30.3 Å². The van der Waals surface area contributed by atoms with Crippen molar-refractivity contribution in [3.63, 3.8) is 0 Å². The fourth-order valence-corrected chi connectivity index (χ4v) is 7.15. The van der Waals surface area contributed by atoms with E-state index < -0.39 is 42.0 Å². The van der Waals surface area contributed by atoms with E-state index in [1.54, 1.807) is 36.6 Å². The van der Waals surface area contributed by atoms with Gasteiger partial charge in [-0.1, -0.05) is 40.0 Å². The second-order valence-electron chi connectivity index (χ2n) is 14.6. The number of unbranched alkanes of at least 4 members (excludes halogenated alkanes) is 2. The van der Waals surface area contributed by atoms with Crippen molar-refractivity contribution in [3.05, 3.63) is 39.9 Å². The van der Waals surface area contributed by atoms with Crippen molar-refractivity contribution in [3.8, 4) is 0 Å². The molecule has 1 fully saturated rings. The Balaban J connectivity index is 1.76. The van der Waals surface area contributed by atoms with E-state index in [1.807, 2.05) is 27.8 Å². The van der Waals surface area contributed by atoms with Crippen LogP contribution in [0.15, 0.2) is 17.8 Å². The fourth-order valence-electron chi connectivity index (χ4n) is 6.31. The van der Waals surface area contributed by atoms with Gasteiger partial charge in [0, 0.05) is 63.1 Å². The molecular formula is C38H59N7O7S. The maximum atomic E-state index is 14.0. The van der Waals surface area contributed by atoms with Crippen molar-refractivity contribution in [1.82, 2.24) is 35.8 Å². The van der Waals surface area contributed by atoms with E-state index in [0.29, 0.717) is 29.6 Å². The molecule has 2 heterocycles. The van der Waals surface area contributed by atoms with Crippen molar-refractivity contribution in [1.29, 1.82) is 0 Å². The number of carbonyl (C=O) groups excluding carboxylic acids is 5. The zero-order valence-corrected chi connectivity index (χ0v) is 33.4. The summed E-state index contributed by atoms with van der Waals surface area (Å²) >= 11 is 1.19. The number of thiazole rings is 1. The standard InChI is InChI=1S/C38H59N7O7S/c1-23(2)31(45(7)37(49)29(17-27-13-14-27)43-34(47)12-10-9-11-15-39-6)19-32(52-26(5)46)36-44-30(22-53-36)35(48)42-28(16-25(4)38(50)51-8)18-33-40-20-24(3)21-41-33/h20-23,25,27-29,31-32,39H,9-19H2,1-8H3,(H,42,48)(H,43,47)/t25-,28+,29-,31+,32+/m0/s1. The predicted octanol–water partition coefficient (Wildman–Crippen LogP) is 4.32. The van der Waals surface area contributed by atoms with Crippen molar-refractivity contribution < 1.29 is 33.4 Å². The highest BCUT2D eigenvalue weighted by Crippen LogP contribution is 2.35. The number of ether oxygens (including phenoxy) is 2. The summed E-state index contributed by atoms with van der Waals surface area (Å²) in [6, 6.07) is -1.51. The van der Waals surface area contributed by atoms with Gasteiger partial charge in [0.2, 0.25) is 11.8 Å². The molecular weight excluding hydrogens is 699 g/mol. The molecule has 0 saturated heterocycles. The highest BCUT2D eigenvalue weighted by Gasteiger charge is 2.36. The van der Waals surface area contributed by atoms with Crippen LogP contribution in [0, 0.1) is 24.7 Å². The molecule has 15 heteroatoms. The van der Waals surface area contributed by atoms with E-state index >= 15 is 0 Å². The lowest BCUT2D eigenvalue weighted by atomic mass is 9.95. The fraction of sp³-hybridized carbons (Fsp3) is 0.684. The first-order valence-electron chi connectivity index (χ1n) is 18.7. The SMILES string of the molecule is CNCCCCCC(=O)N[C@@H](CC1CC1)C(=O)N(C)[C@H](C[C@@H](OC(C)=O)c1nc(C(=O)N[C@@H](Cc2ncc(C)cn2)C[C@H](C)C(=O)OC)cs1)C(C)C. The van der Waals surface area contributed by atoms with Gasteiger partial charge in [-0.15, -0.1) is 11.3 Å². The van der Waals surface area contributed by atoms with Crippen LogP contribution in [0.1, 0.15) is 118 Å². The second-order valence-corrected chi connectivity index (χ2v) is 15.5. The molecule has 1 aliphatic carbocycles. The number of methoxy groups -OCH3 is 1. The van der Waals surface area contributed by atoms with Crippen molar-refractivity contribution >= 4 is 41.0 Å². The molecule has 2 aromatic rings. The average Bonchev–Trinajstić information content (AvgIpc) is 3.79. The Morgan fingerprint density at radius 2 is 1.72 bits per heavy atom. The van der Waals surface area contributed by atoms with E-state index in [2.05, 4.69) is 30.9 Å². The first kappa shape index (κ1) is 43.4. The molecule has 5 atom stereocenters. The van der Waals surface area contributed by atoms with Crippen LogP contribution in [-0.2, 0) is 35.1 Å². The maximum absolute atomic E-state index is 14.0. The number of aromatic nitrogens is 3. The van der Waals surface area contributed by atoms with Crippen molar-refractivity contribution in [2.24, 2.45) is 17.8 Å². The van der Waals surface area contributed by atoms with Gasteiger partial charge >= 0.3 is 11.9 Å². The van der Waals surface area contributed by atoms with Crippen LogP contribution in [0.5, 0.6) is 0 Å². The molecule has 0 aromatic carbocycles. The summed E-state index contributed by atoms with van der Waals surface area (Å²) in [7, 11) is 4.96. The van der Waals surface area contributed by atoms with Gasteiger partial charge in [-0.3, -0.25) is 24.0 Å². The Labute approximate surface area is 318 Å². The number of amides is 3. The molecule has 14 nitrogen and oxygen atoms in total. The molecule has 0 spiro atoms. The number of carbonyl (C=O) groups is 5. The number of nitrogens with zero attached hydrogens (tertiary/aromatic N) is 4. The molecule has 0 aliphatic heterocycles. The third-order valence-corrected chi connectivity index (χ3v) is 10.4. The highest BCUT2D eigenvalue weighted by atomic mass is 32.1. The summed E-state index contributed by atoms with van der Waals surface area (Å²) in [6.45, 7) is 9.81. The molecule has 2 aromatic heterocycles. The summed E-state index contributed by atoms with van der Waals surface area (Å²) < 4.78 is 10.7. The minimum absolute atomic E-state index is 0.0317. The van der Waals surface area contributed by atoms with E-state index in [1.165, 1.54) is 25.4 Å². The minimum Gasteiger partial charge on any atom is -0.469 e. The summed E-state index contributed by atoms with van der Waals surface area (Å²) in [5, 5.41) is 11.1. The maximum Gasteiger partial charge on any atom is 0.308 e. The molecule has 294 valence electrons. The largest absolute Gasteiger partial charge is 0.469 e. The van der Waals surface area contributed by atoms with Gasteiger partial charge in [-0.25, -0.2) is 15.0 Å². The number of likely N-dealkylation sites (N-methyl/N-ethyl adjacent to an activating group) is 1. The number of hydrogen-bond donors (Lipinski definition) is 3. The lowest BCUT2D eigenvalue weighted by molar-refractivity contribution is -0.149. The van der Waals surface area contributed by atoms with Crippen molar-refractivity contribution in [2.75, 3.05) is 27.7 Å². The Morgan fingerprint density at radius 1 is 1.02 bits per heavy atom. The molecule has 3 N–H and O–H groups in total. The smallest absolute Gasteiger partial charge is 0.308 e. The molecule has 0 radical (unpaired) electrons. The monoisotopic (exact) mass is 757 g/mol. The number of aryl methyl sites for hydroxylation is 1. The van der Waals surface area contributed by atoms with Gasteiger partial charge in [-0.05, 0) is 63.6 Å². The quantitative estimate of drug-likeness (QED) is 0.109. The van der Waals surface area contributed by atoms with Gasteiger partial charge in [0.1, 0.15) is 22.6 Å². The van der Waals surface area contributed by atoms with Gasteiger partial charge in [0.25, 0.3) is 5.91 Å². The van der Waals surface area contributed by atoms with Gasteiger partial charge in [-0.2, -0.15) is 0 Å². The first-order chi connectivity index (χ1) is 25.2. The predicted molar refractivity (Wildman–Crippen MR) is 202 cm³/mol. The van der Waals surface area contributed by atoms with Gasteiger partial charge in [0.05, 0.1) is 13.0 Å². The Bertz CT molecular complexity index is 1500. The summed E-state index contributed by atoms with van der Waals surface area (Å²) in [6.07, 6.45) is 9.10. The second kappa shape index (κ2) is 21.7. The molecule has 3 amide bonds. The van der Waals surface area contributed by atoms with E-state index in [4.69, 9.17) is 9.47 Å². The molecule has 1 saturated carbocycles. The summed E-state index contributed by atoms with van der Waals surface area (Å²) in [4.78, 5) is 80.0. The van der Waals surface area contributed by atoms with Crippen molar-refractivity contribution in [2.45, 2.75) is 123 Å². The van der Waals surface area contributed by atoms with E-state index in [9.17, 15) is 24.0 Å². The van der Waals surface area contributed by atoms with Crippen LogP contribution in [-0.4, -0.2) is 95.4 Å². The number of hydrogen-bond acceptors (Lipinski definition) is 12. The lowest BCUT2D eigenvalue weighted by Gasteiger charge is -2.35. The molecule has 0 unspecified atom stereocenters. The zero-order valence-electron chi connectivity index (χ0n) is 32.6.